The lowest BCUT2D eigenvalue weighted by atomic mass is 10.0. The van der Waals surface area contributed by atoms with Gasteiger partial charge in [0.1, 0.15) is 12.1 Å². The first-order chi connectivity index (χ1) is 13.5. The van der Waals surface area contributed by atoms with Crippen molar-refractivity contribution < 1.29 is 35.2 Å². The van der Waals surface area contributed by atoms with Crippen LogP contribution in [0.4, 0.5) is 0 Å². The van der Waals surface area contributed by atoms with Gasteiger partial charge in [0.2, 0.25) is 5.91 Å². The molecule has 1 aliphatic heterocycles. The summed E-state index contributed by atoms with van der Waals surface area (Å²) >= 11 is 0. The SMILES string of the molecule is [2H]C(CCC(=O)N[C@H](C(=O)OC)C(C)C)(C(=O)O)N1C(=O)c2ccccc2C1=O. The summed E-state index contributed by atoms with van der Waals surface area (Å²) in [5.74, 6) is -5.21. The fraction of sp³-hybridized carbons (Fsp3) is 0.421. The molecular weight excluding hydrogens is 368 g/mol. The quantitative estimate of drug-likeness (QED) is 0.496. The van der Waals surface area contributed by atoms with E-state index in [1.54, 1.807) is 13.8 Å². The predicted molar refractivity (Wildman–Crippen MR) is 96.4 cm³/mol. The van der Waals surface area contributed by atoms with Crippen LogP contribution in [0.25, 0.3) is 0 Å². The summed E-state index contributed by atoms with van der Waals surface area (Å²) < 4.78 is 12.9. The number of nitrogens with zero attached hydrogens (tertiary/aromatic N) is 1. The Hall–Kier alpha value is -3.23. The number of carboxylic acids is 1. The molecule has 2 atom stereocenters. The molecule has 0 radical (unpaired) electrons. The van der Waals surface area contributed by atoms with Gasteiger partial charge in [-0.15, -0.1) is 0 Å². The second-order valence-corrected chi connectivity index (χ2v) is 6.56. The van der Waals surface area contributed by atoms with Crippen LogP contribution in [-0.4, -0.2) is 58.8 Å². The van der Waals surface area contributed by atoms with E-state index in [9.17, 15) is 29.1 Å². The number of ether oxygens (including phenoxy) is 1. The average molecular weight is 391 g/mol. The van der Waals surface area contributed by atoms with Crippen LogP contribution in [0.3, 0.4) is 0 Å². The number of carbonyl (C=O) groups is 5. The molecule has 2 rings (SSSR count). The molecule has 0 bridgehead atoms. The fourth-order valence-corrected chi connectivity index (χ4v) is 2.85. The van der Waals surface area contributed by atoms with Crippen molar-refractivity contribution in [1.82, 2.24) is 10.2 Å². The van der Waals surface area contributed by atoms with Gasteiger partial charge >= 0.3 is 11.9 Å². The van der Waals surface area contributed by atoms with Crippen molar-refractivity contribution >= 4 is 29.7 Å². The standard InChI is InChI=1S/C19H22N2O7/c1-10(2)15(19(27)28-3)20-14(22)9-8-13(18(25)26)21-16(23)11-6-4-5-7-12(11)17(21)24/h4-7,10,13,15H,8-9H2,1-3H3,(H,20,22)(H,25,26)/t13?,15-/m0/s1/i13D. The molecule has 2 N–H and O–H groups in total. The highest BCUT2D eigenvalue weighted by Gasteiger charge is 2.42. The van der Waals surface area contributed by atoms with Gasteiger partial charge in [0.15, 0.2) is 0 Å². The second kappa shape index (κ2) is 8.64. The predicted octanol–water partition coefficient (Wildman–Crippen LogP) is 0.830. The lowest BCUT2D eigenvalue weighted by molar-refractivity contribution is -0.146. The summed E-state index contributed by atoms with van der Waals surface area (Å²) in [6.45, 7) is 3.37. The number of imide groups is 1. The summed E-state index contributed by atoms with van der Waals surface area (Å²) in [5.41, 5.74) is 0.00998. The van der Waals surface area contributed by atoms with Crippen molar-refractivity contribution in [3.63, 3.8) is 0 Å². The van der Waals surface area contributed by atoms with Gasteiger partial charge in [-0.1, -0.05) is 26.0 Å². The maximum absolute atomic E-state index is 12.6. The smallest absolute Gasteiger partial charge is 0.328 e. The van der Waals surface area contributed by atoms with Gasteiger partial charge in [-0.2, -0.15) is 0 Å². The van der Waals surface area contributed by atoms with E-state index in [1.807, 2.05) is 0 Å². The van der Waals surface area contributed by atoms with Crippen LogP contribution in [0.2, 0.25) is 0 Å². The van der Waals surface area contributed by atoms with Crippen molar-refractivity contribution in [2.24, 2.45) is 5.92 Å². The highest BCUT2D eigenvalue weighted by Crippen LogP contribution is 2.26. The molecule has 0 aliphatic carbocycles. The molecule has 9 nitrogen and oxygen atoms in total. The number of hydrogen-bond acceptors (Lipinski definition) is 6. The number of esters is 1. The van der Waals surface area contributed by atoms with Crippen molar-refractivity contribution in [3.8, 4) is 0 Å². The zero-order chi connectivity index (χ0) is 21.9. The molecule has 28 heavy (non-hydrogen) atoms. The number of rotatable bonds is 8. The molecule has 3 amide bonds. The number of fused-ring (bicyclic) bond motifs is 1. The minimum atomic E-state index is -2.68. The van der Waals surface area contributed by atoms with Crippen molar-refractivity contribution in [2.75, 3.05) is 7.11 Å². The van der Waals surface area contributed by atoms with Gasteiger partial charge in [0, 0.05) is 6.42 Å². The summed E-state index contributed by atoms with van der Waals surface area (Å²) in [6, 6.07) is 2.15. The molecule has 0 saturated heterocycles. The number of methoxy groups -OCH3 is 1. The monoisotopic (exact) mass is 391 g/mol. The topological polar surface area (TPSA) is 130 Å². The number of nitrogens with one attached hydrogen (secondary N) is 1. The maximum atomic E-state index is 12.6. The highest BCUT2D eigenvalue weighted by atomic mass is 16.5. The van der Waals surface area contributed by atoms with Crippen LogP contribution in [-0.2, 0) is 19.1 Å². The molecule has 0 spiro atoms. The zero-order valence-electron chi connectivity index (χ0n) is 16.7. The van der Waals surface area contributed by atoms with Gasteiger partial charge < -0.3 is 15.2 Å². The van der Waals surface area contributed by atoms with Crippen LogP contribution in [0.1, 0.15) is 48.8 Å². The van der Waals surface area contributed by atoms with E-state index in [0.717, 1.165) is 0 Å². The van der Waals surface area contributed by atoms with Gasteiger partial charge in [-0.25, -0.2) is 9.59 Å². The number of carbonyl (C=O) groups excluding carboxylic acids is 4. The molecule has 1 heterocycles. The van der Waals surface area contributed by atoms with Crippen LogP contribution in [0, 0.1) is 5.92 Å². The Labute approximate surface area is 163 Å². The zero-order valence-corrected chi connectivity index (χ0v) is 15.7. The molecule has 1 aromatic carbocycles. The Bertz CT molecular complexity index is 835. The summed E-state index contributed by atoms with van der Waals surface area (Å²) in [4.78, 5) is 61.3. The van der Waals surface area contributed by atoms with Crippen LogP contribution in [0.15, 0.2) is 24.3 Å². The lowest BCUT2D eigenvalue weighted by Crippen LogP contribution is -2.47. The third kappa shape index (κ3) is 4.19. The summed E-state index contributed by atoms with van der Waals surface area (Å²) in [5, 5.41) is 12.0. The third-order valence-electron chi connectivity index (χ3n) is 4.34. The summed E-state index contributed by atoms with van der Waals surface area (Å²) in [7, 11) is 1.17. The normalized spacial score (nSPS) is 16.9. The molecule has 150 valence electrons. The van der Waals surface area contributed by atoms with E-state index in [4.69, 9.17) is 1.37 Å². The Morgan fingerprint density at radius 2 is 1.71 bits per heavy atom. The molecule has 0 saturated carbocycles. The van der Waals surface area contributed by atoms with E-state index >= 15 is 0 Å². The molecule has 1 aliphatic rings. The van der Waals surface area contributed by atoms with Gasteiger partial charge in [-0.3, -0.25) is 19.3 Å². The minimum Gasteiger partial charge on any atom is -0.480 e. The molecule has 1 aromatic rings. The lowest BCUT2D eigenvalue weighted by Gasteiger charge is -2.23. The third-order valence-corrected chi connectivity index (χ3v) is 4.34. The van der Waals surface area contributed by atoms with Gasteiger partial charge in [-0.05, 0) is 24.5 Å². The number of aliphatic carboxylic acids is 1. The minimum absolute atomic E-state index is 0.00499. The summed E-state index contributed by atoms with van der Waals surface area (Å²) in [6.07, 6.45) is -1.14. The number of carboxylic acid groups (broad SMARTS) is 1. The first-order valence-electron chi connectivity index (χ1n) is 9.13. The Morgan fingerprint density at radius 1 is 1.18 bits per heavy atom. The number of hydrogen-bond donors (Lipinski definition) is 2. The average Bonchev–Trinajstić information content (AvgIpc) is 2.94. The largest absolute Gasteiger partial charge is 0.480 e. The first-order valence-corrected chi connectivity index (χ1v) is 8.63. The maximum Gasteiger partial charge on any atom is 0.328 e. The van der Waals surface area contributed by atoms with Crippen LogP contribution in [0.5, 0.6) is 0 Å². The van der Waals surface area contributed by atoms with Gasteiger partial charge in [0.05, 0.1) is 19.6 Å². The van der Waals surface area contributed by atoms with Crippen LogP contribution < -0.4 is 5.32 Å². The fourth-order valence-electron chi connectivity index (χ4n) is 2.85. The molecule has 0 aromatic heterocycles. The van der Waals surface area contributed by atoms with E-state index in [-0.39, 0.29) is 17.0 Å². The van der Waals surface area contributed by atoms with Crippen molar-refractivity contribution in [2.45, 2.75) is 38.7 Å². The first kappa shape index (κ1) is 19.5. The van der Waals surface area contributed by atoms with Crippen molar-refractivity contribution in [1.29, 1.82) is 0 Å². The molecular formula is C19H22N2O7. The van der Waals surface area contributed by atoms with Gasteiger partial charge in [0.25, 0.3) is 11.8 Å². The molecule has 1 unspecified atom stereocenters. The van der Waals surface area contributed by atoms with Crippen LogP contribution >= 0.6 is 0 Å². The van der Waals surface area contributed by atoms with E-state index in [0.29, 0.717) is 4.90 Å². The number of benzene rings is 1. The second-order valence-electron chi connectivity index (χ2n) is 6.56. The van der Waals surface area contributed by atoms with Crippen molar-refractivity contribution in [3.05, 3.63) is 35.4 Å². The van der Waals surface area contributed by atoms with E-state index in [2.05, 4.69) is 10.1 Å². The van der Waals surface area contributed by atoms with E-state index in [1.165, 1.54) is 31.4 Å². The number of amides is 3. The highest BCUT2D eigenvalue weighted by molar-refractivity contribution is 6.22. The molecule has 0 fully saturated rings. The Balaban J connectivity index is 2.19. The Kier molecular flexibility index (Phi) is 6.03. The van der Waals surface area contributed by atoms with E-state index < -0.39 is 54.6 Å². The molecule has 9 heteroatoms. The Morgan fingerprint density at radius 3 is 2.14 bits per heavy atom.